The maximum absolute atomic E-state index is 5.44. The third-order valence-corrected chi connectivity index (χ3v) is 5.90. The minimum absolute atomic E-state index is 0.534. The summed E-state index contributed by atoms with van der Waals surface area (Å²) in [6.45, 7) is 4.06. The van der Waals surface area contributed by atoms with Crippen molar-refractivity contribution in [2.75, 3.05) is 26.3 Å². The number of hydrogen-bond donors (Lipinski definition) is 0. The normalized spacial score (nSPS) is 14.9. The highest BCUT2D eigenvalue weighted by Crippen LogP contribution is 2.28. The Labute approximate surface area is 178 Å². The lowest BCUT2D eigenvalue weighted by Gasteiger charge is -2.25. The number of fused-ring (bicyclic) bond motifs is 1. The maximum Gasteiger partial charge on any atom is 0.257 e. The zero-order valence-electron chi connectivity index (χ0n) is 16.4. The van der Waals surface area contributed by atoms with Gasteiger partial charge in [0.2, 0.25) is 0 Å². The van der Waals surface area contributed by atoms with Crippen LogP contribution in [-0.4, -0.2) is 51.3 Å². The van der Waals surface area contributed by atoms with Gasteiger partial charge in [0.25, 0.3) is 5.89 Å². The molecule has 1 aliphatic rings. The van der Waals surface area contributed by atoms with Gasteiger partial charge in [-0.2, -0.15) is 4.98 Å². The standard InChI is InChI=1S/C22H21N5O2S/c1-2-6-16(7-3-1)21-24-20(26-29-21)15-30-22-17-8-4-5-9-18(17)23-19(25-22)14-27-10-12-28-13-11-27/h1-9H,10-15H2. The lowest BCUT2D eigenvalue weighted by molar-refractivity contribution is 0.0330. The Morgan fingerprint density at radius 3 is 2.53 bits per heavy atom. The second-order valence-electron chi connectivity index (χ2n) is 7.02. The number of benzene rings is 2. The van der Waals surface area contributed by atoms with E-state index in [9.17, 15) is 0 Å². The summed E-state index contributed by atoms with van der Waals surface area (Å²) in [5.74, 6) is 2.59. The van der Waals surface area contributed by atoms with Crippen LogP contribution in [0.2, 0.25) is 0 Å². The Morgan fingerprint density at radius 1 is 0.867 bits per heavy atom. The van der Waals surface area contributed by atoms with Gasteiger partial charge in [-0.25, -0.2) is 9.97 Å². The van der Waals surface area contributed by atoms with Crippen LogP contribution in [0.4, 0.5) is 0 Å². The van der Waals surface area contributed by atoms with Gasteiger partial charge in [-0.3, -0.25) is 4.90 Å². The molecule has 8 heteroatoms. The highest BCUT2D eigenvalue weighted by atomic mass is 32.2. The Balaban J connectivity index is 1.36. The Kier molecular flexibility index (Phi) is 5.69. The molecule has 0 N–H and O–H groups in total. The molecule has 0 amide bonds. The molecule has 1 aliphatic heterocycles. The van der Waals surface area contributed by atoms with Gasteiger partial charge < -0.3 is 9.26 Å². The summed E-state index contributed by atoms with van der Waals surface area (Å²) in [7, 11) is 0. The molecule has 152 valence electrons. The molecule has 0 bridgehead atoms. The molecule has 2 aromatic heterocycles. The second-order valence-corrected chi connectivity index (χ2v) is 7.99. The number of ether oxygens (including phenoxy) is 1. The molecule has 0 radical (unpaired) electrons. The number of hydrogen-bond acceptors (Lipinski definition) is 8. The third-order valence-electron chi connectivity index (χ3n) is 4.91. The van der Waals surface area contributed by atoms with Crippen LogP contribution < -0.4 is 0 Å². The summed E-state index contributed by atoms with van der Waals surface area (Å²) in [5, 5.41) is 6.11. The zero-order chi connectivity index (χ0) is 20.2. The fourth-order valence-electron chi connectivity index (χ4n) is 3.38. The monoisotopic (exact) mass is 419 g/mol. The summed E-state index contributed by atoms with van der Waals surface area (Å²) in [5.41, 5.74) is 1.87. The van der Waals surface area contributed by atoms with Crippen LogP contribution in [-0.2, 0) is 17.0 Å². The molecule has 7 nitrogen and oxygen atoms in total. The van der Waals surface area contributed by atoms with E-state index in [0.717, 1.165) is 60.2 Å². The van der Waals surface area contributed by atoms with Gasteiger partial charge in [-0.15, -0.1) is 0 Å². The van der Waals surface area contributed by atoms with Gasteiger partial charge in [0.15, 0.2) is 5.82 Å². The summed E-state index contributed by atoms with van der Waals surface area (Å²) < 4.78 is 10.9. The summed E-state index contributed by atoms with van der Waals surface area (Å²) in [6.07, 6.45) is 0. The van der Waals surface area contributed by atoms with E-state index in [4.69, 9.17) is 19.2 Å². The molecule has 1 saturated heterocycles. The van der Waals surface area contributed by atoms with Crippen molar-refractivity contribution < 1.29 is 9.26 Å². The smallest absolute Gasteiger partial charge is 0.257 e. The van der Waals surface area contributed by atoms with E-state index >= 15 is 0 Å². The van der Waals surface area contributed by atoms with Gasteiger partial charge in [-0.05, 0) is 18.2 Å². The predicted molar refractivity (Wildman–Crippen MR) is 115 cm³/mol. The molecule has 5 rings (SSSR count). The van der Waals surface area contributed by atoms with Crippen LogP contribution in [0.5, 0.6) is 0 Å². The Morgan fingerprint density at radius 2 is 1.67 bits per heavy atom. The molecule has 3 heterocycles. The number of nitrogens with zero attached hydrogens (tertiary/aromatic N) is 5. The third kappa shape index (κ3) is 4.35. The maximum atomic E-state index is 5.44. The number of para-hydroxylation sites is 1. The highest BCUT2D eigenvalue weighted by Gasteiger charge is 2.16. The average molecular weight is 420 g/mol. The van der Waals surface area contributed by atoms with Gasteiger partial charge in [-0.1, -0.05) is 53.3 Å². The highest BCUT2D eigenvalue weighted by molar-refractivity contribution is 7.98. The fraction of sp³-hybridized carbons (Fsp3) is 0.273. The van der Waals surface area contributed by atoms with Crippen molar-refractivity contribution in [3.8, 4) is 11.5 Å². The molecule has 2 aromatic carbocycles. The fourth-order valence-corrected chi connectivity index (χ4v) is 4.26. The first-order chi connectivity index (χ1) is 14.8. The van der Waals surface area contributed by atoms with Crippen molar-refractivity contribution in [2.45, 2.75) is 17.3 Å². The first kappa shape index (κ1) is 19.2. The Bertz CT molecular complexity index is 1130. The quantitative estimate of drug-likeness (QED) is 0.345. The first-order valence-corrected chi connectivity index (χ1v) is 10.9. The van der Waals surface area contributed by atoms with E-state index in [2.05, 4.69) is 21.1 Å². The minimum Gasteiger partial charge on any atom is -0.379 e. The second kappa shape index (κ2) is 8.91. The topological polar surface area (TPSA) is 77.2 Å². The van der Waals surface area contributed by atoms with Crippen molar-refractivity contribution in [1.29, 1.82) is 0 Å². The SMILES string of the molecule is c1ccc(-c2nc(CSc3nc(CN4CCOCC4)nc4ccccc34)no2)cc1. The predicted octanol–water partition coefficient (Wildman–Crippen LogP) is 3.80. The zero-order valence-corrected chi connectivity index (χ0v) is 17.2. The van der Waals surface area contributed by atoms with Crippen molar-refractivity contribution in [3.63, 3.8) is 0 Å². The first-order valence-electron chi connectivity index (χ1n) is 9.92. The van der Waals surface area contributed by atoms with Crippen molar-refractivity contribution >= 4 is 22.7 Å². The molecule has 0 unspecified atom stereocenters. The van der Waals surface area contributed by atoms with E-state index < -0.39 is 0 Å². The molecular formula is C22H21N5O2S. The molecule has 1 fully saturated rings. The van der Waals surface area contributed by atoms with Gasteiger partial charge in [0, 0.05) is 24.0 Å². The van der Waals surface area contributed by atoms with E-state index in [1.807, 2.05) is 48.5 Å². The summed E-state index contributed by atoms with van der Waals surface area (Å²) >= 11 is 1.61. The van der Waals surface area contributed by atoms with Crippen LogP contribution in [0.3, 0.4) is 0 Å². The molecule has 0 aliphatic carbocycles. The lowest BCUT2D eigenvalue weighted by Crippen LogP contribution is -2.36. The molecule has 4 aromatic rings. The van der Waals surface area contributed by atoms with Gasteiger partial charge >= 0.3 is 0 Å². The van der Waals surface area contributed by atoms with Crippen molar-refractivity contribution in [1.82, 2.24) is 25.0 Å². The largest absolute Gasteiger partial charge is 0.379 e. The van der Waals surface area contributed by atoms with Crippen LogP contribution in [0, 0.1) is 0 Å². The van der Waals surface area contributed by atoms with E-state index in [1.165, 1.54) is 0 Å². The van der Waals surface area contributed by atoms with E-state index in [0.29, 0.717) is 17.5 Å². The van der Waals surface area contributed by atoms with Gasteiger partial charge in [0.1, 0.15) is 10.9 Å². The number of rotatable bonds is 6. The van der Waals surface area contributed by atoms with Crippen LogP contribution >= 0.6 is 11.8 Å². The van der Waals surface area contributed by atoms with Crippen molar-refractivity contribution in [2.24, 2.45) is 0 Å². The molecular weight excluding hydrogens is 398 g/mol. The van der Waals surface area contributed by atoms with E-state index in [1.54, 1.807) is 11.8 Å². The van der Waals surface area contributed by atoms with Gasteiger partial charge in [0.05, 0.1) is 31.0 Å². The summed E-state index contributed by atoms with van der Waals surface area (Å²) in [6, 6.07) is 17.9. The lowest BCUT2D eigenvalue weighted by atomic mass is 10.2. The molecule has 30 heavy (non-hydrogen) atoms. The van der Waals surface area contributed by atoms with Crippen molar-refractivity contribution in [3.05, 3.63) is 66.2 Å². The molecule has 0 spiro atoms. The molecule has 0 saturated carbocycles. The minimum atomic E-state index is 0.534. The molecule has 0 atom stereocenters. The average Bonchev–Trinajstić information content (AvgIpc) is 3.28. The van der Waals surface area contributed by atoms with E-state index in [-0.39, 0.29) is 0 Å². The Hall–Kier alpha value is -2.81. The van der Waals surface area contributed by atoms with Crippen LogP contribution in [0.25, 0.3) is 22.4 Å². The summed E-state index contributed by atoms with van der Waals surface area (Å²) in [4.78, 5) is 16.5. The number of aromatic nitrogens is 4. The number of thioether (sulfide) groups is 1. The van der Waals surface area contributed by atoms with Crippen LogP contribution in [0.1, 0.15) is 11.6 Å². The number of morpholine rings is 1. The van der Waals surface area contributed by atoms with Crippen LogP contribution in [0.15, 0.2) is 64.1 Å².